The van der Waals surface area contributed by atoms with E-state index in [9.17, 15) is 4.79 Å². The number of aromatic nitrogens is 1. The van der Waals surface area contributed by atoms with Crippen molar-refractivity contribution in [1.82, 2.24) is 10.3 Å². The molecule has 1 aliphatic carbocycles. The Morgan fingerprint density at radius 2 is 1.75 bits per heavy atom. The fourth-order valence-corrected chi connectivity index (χ4v) is 5.66. The topological polar surface area (TPSA) is 42.0 Å². The molecule has 0 aliphatic heterocycles. The molecule has 1 amide bonds. The van der Waals surface area contributed by atoms with Crippen LogP contribution in [0.1, 0.15) is 39.2 Å². The Kier molecular flexibility index (Phi) is 6.45. The van der Waals surface area contributed by atoms with Crippen LogP contribution in [0.3, 0.4) is 0 Å². The standard InChI is InChI=1S/C23H24N2OS2/c26-23(24-16-15-21-25-19-13-7-8-14-20(19)28-21)22(17-9-3-1-4-10-17)27-18-11-5-2-6-12-18/h1-6,9-12,22H,7-8,13-16H2,(H,24,26). The maximum Gasteiger partial charge on any atom is 0.238 e. The van der Waals surface area contributed by atoms with E-state index in [1.807, 2.05) is 72.0 Å². The van der Waals surface area contributed by atoms with Crippen molar-refractivity contribution < 1.29 is 4.79 Å². The quantitative estimate of drug-likeness (QED) is 0.545. The predicted molar refractivity (Wildman–Crippen MR) is 117 cm³/mol. The molecular formula is C23H24N2OS2. The summed E-state index contributed by atoms with van der Waals surface area (Å²) in [6.07, 6.45) is 5.62. The maximum absolute atomic E-state index is 13.0. The first-order valence-electron chi connectivity index (χ1n) is 9.81. The van der Waals surface area contributed by atoms with Gasteiger partial charge in [0.2, 0.25) is 5.91 Å². The Morgan fingerprint density at radius 1 is 1.04 bits per heavy atom. The lowest BCUT2D eigenvalue weighted by atomic mass is 10.0. The lowest BCUT2D eigenvalue weighted by molar-refractivity contribution is -0.120. The minimum Gasteiger partial charge on any atom is -0.354 e. The molecule has 0 fully saturated rings. The van der Waals surface area contributed by atoms with Gasteiger partial charge in [0.05, 0.1) is 10.7 Å². The molecule has 28 heavy (non-hydrogen) atoms. The molecule has 3 nitrogen and oxygen atoms in total. The summed E-state index contributed by atoms with van der Waals surface area (Å²) in [5, 5.41) is 4.03. The molecule has 1 unspecified atom stereocenters. The predicted octanol–water partition coefficient (Wildman–Crippen LogP) is 5.21. The molecule has 0 spiro atoms. The molecule has 0 radical (unpaired) electrons. The Balaban J connectivity index is 1.40. The lowest BCUT2D eigenvalue weighted by Gasteiger charge is -2.17. The van der Waals surface area contributed by atoms with Gasteiger partial charge in [0.25, 0.3) is 0 Å². The van der Waals surface area contributed by atoms with Crippen LogP contribution in [0, 0.1) is 0 Å². The van der Waals surface area contributed by atoms with Crippen LogP contribution in [0.5, 0.6) is 0 Å². The Bertz CT molecular complexity index is 885. The molecule has 1 aliphatic rings. The molecule has 1 N–H and O–H groups in total. The molecule has 2 aromatic carbocycles. The van der Waals surface area contributed by atoms with Crippen molar-refractivity contribution in [2.45, 2.75) is 42.2 Å². The number of amides is 1. The summed E-state index contributed by atoms with van der Waals surface area (Å²) in [6.45, 7) is 0.629. The number of benzene rings is 2. The summed E-state index contributed by atoms with van der Waals surface area (Å²) < 4.78 is 0. The summed E-state index contributed by atoms with van der Waals surface area (Å²) in [7, 11) is 0. The highest BCUT2D eigenvalue weighted by Crippen LogP contribution is 2.35. The van der Waals surface area contributed by atoms with E-state index in [2.05, 4.69) is 5.32 Å². The van der Waals surface area contributed by atoms with E-state index < -0.39 is 0 Å². The number of carbonyl (C=O) groups excluding carboxylic acids is 1. The first kappa shape index (κ1) is 19.2. The van der Waals surface area contributed by atoms with Gasteiger partial charge < -0.3 is 5.32 Å². The third kappa shape index (κ3) is 4.83. The van der Waals surface area contributed by atoms with Crippen LogP contribution >= 0.6 is 23.1 Å². The number of aryl methyl sites for hydroxylation is 2. The second kappa shape index (κ2) is 9.39. The van der Waals surface area contributed by atoms with Gasteiger partial charge in [-0.2, -0.15) is 0 Å². The zero-order valence-corrected chi connectivity index (χ0v) is 17.4. The smallest absolute Gasteiger partial charge is 0.238 e. The van der Waals surface area contributed by atoms with E-state index in [-0.39, 0.29) is 11.2 Å². The molecule has 1 atom stereocenters. The molecule has 4 rings (SSSR count). The minimum absolute atomic E-state index is 0.0568. The van der Waals surface area contributed by atoms with E-state index in [4.69, 9.17) is 4.98 Å². The van der Waals surface area contributed by atoms with Gasteiger partial charge in [-0.15, -0.1) is 23.1 Å². The van der Waals surface area contributed by atoms with Crippen molar-refractivity contribution in [2.24, 2.45) is 0 Å². The molecular weight excluding hydrogens is 384 g/mol. The number of nitrogens with one attached hydrogen (secondary N) is 1. The van der Waals surface area contributed by atoms with Gasteiger partial charge in [-0.3, -0.25) is 4.79 Å². The molecule has 3 aromatic rings. The lowest BCUT2D eigenvalue weighted by Crippen LogP contribution is -2.29. The number of nitrogens with zero attached hydrogens (tertiary/aromatic N) is 1. The van der Waals surface area contributed by atoms with Crippen LogP contribution in [0.15, 0.2) is 65.6 Å². The first-order chi connectivity index (χ1) is 13.8. The number of hydrogen-bond acceptors (Lipinski definition) is 4. The highest BCUT2D eigenvalue weighted by Gasteiger charge is 2.22. The van der Waals surface area contributed by atoms with E-state index in [1.54, 1.807) is 11.8 Å². The van der Waals surface area contributed by atoms with Gasteiger partial charge in [0.15, 0.2) is 0 Å². The Labute approximate surface area is 174 Å². The maximum atomic E-state index is 13.0. The van der Waals surface area contributed by atoms with Gasteiger partial charge in [-0.05, 0) is 43.4 Å². The first-order valence-corrected chi connectivity index (χ1v) is 11.5. The third-order valence-corrected chi connectivity index (χ3v) is 7.35. The van der Waals surface area contributed by atoms with E-state index >= 15 is 0 Å². The zero-order chi connectivity index (χ0) is 19.2. The van der Waals surface area contributed by atoms with Crippen LogP contribution < -0.4 is 5.32 Å². The number of hydrogen-bond donors (Lipinski definition) is 1. The number of carbonyl (C=O) groups is 1. The van der Waals surface area contributed by atoms with Crippen molar-refractivity contribution in [3.63, 3.8) is 0 Å². The Morgan fingerprint density at radius 3 is 2.50 bits per heavy atom. The van der Waals surface area contributed by atoms with Gasteiger partial charge in [-0.25, -0.2) is 4.98 Å². The summed E-state index contributed by atoms with van der Waals surface area (Å²) in [5.41, 5.74) is 2.32. The third-order valence-electron chi connectivity index (χ3n) is 4.87. The second-order valence-corrected chi connectivity index (χ2v) is 9.29. The minimum atomic E-state index is -0.256. The largest absolute Gasteiger partial charge is 0.354 e. The number of rotatable bonds is 7. The fraction of sp³-hybridized carbons (Fsp3) is 0.304. The van der Waals surface area contributed by atoms with Gasteiger partial charge in [0, 0.05) is 22.7 Å². The van der Waals surface area contributed by atoms with Crippen LogP contribution in [0.2, 0.25) is 0 Å². The number of thiazole rings is 1. The van der Waals surface area contributed by atoms with Crippen molar-refractivity contribution in [3.8, 4) is 0 Å². The van der Waals surface area contributed by atoms with Gasteiger partial charge in [0.1, 0.15) is 5.25 Å². The van der Waals surface area contributed by atoms with Gasteiger partial charge in [-0.1, -0.05) is 48.5 Å². The molecule has 0 bridgehead atoms. The molecule has 1 aromatic heterocycles. The zero-order valence-electron chi connectivity index (χ0n) is 15.8. The normalized spacial score (nSPS) is 14.3. The average molecular weight is 409 g/mol. The summed E-state index contributed by atoms with van der Waals surface area (Å²) >= 11 is 3.42. The number of fused-ring (bicyclic) bond motifs is 1. The van der Waals surface area contributed by atoms with E-state index in [1.165, 1.54) is 29.8 Å². The molecule has 0 saturated carbocycles. The summed E-state index contributed by atoms with van der Waals surface area (Å²) in [4.78, 5) is 20.3. The van der Waals surface area contributed by atoms with E-state index in [0.717, 1.165) is 28.3 Å². The molecule has 144 valence electrons. The summed E-state index contributed by atoms with van der Waals surface area (Å²) in [5.74, 6) is 0.0568. The second-order valence-electron chi connectivity index (χ2n) is 6.95. The van der Waals surface area contributed by atoms with E-state index in [0.29, 0.717) is 6.54 Å². The van der Waals surface area contributed by atoms with Crippen LogP contribution in [-0.4, -0.2) is 17.4 Å². The van der Waals surface area contributed by atoms with Gasteiger partial charge >= 0.3 is 0 Å². The summed E-state index contributed by atoms with van der Waals surface area (Å²) in [6, 6.07) is 20.1. The molecule has 1 heterocycles. The SMILES string of the molecule is O=C(NCCc1nc2c(s1)CCCC2)C(Sc1ccccc1)c1ccccc1. The van der Waals surface area contributed by atoms with Crippen molar-refractivity contribution in [2.75, 3.05) is 6.54 Å². The van der Waals surface area contributed by atoms with Crippen molar-refractivity contribution in [3.05, 3.63) is 81.8 Å². The monoisotopic (exact) mass is 408 g/mol. The number of thioether (sulfide) groups is 1. The highest BCUT2D eigenvalue weighted by atomic mass is 32.2. The van der Waals surface area contributed by atoms with Crippen LogP contribution in [0.25, 0.3) is 0 Å². The van der Waals surface area contributed by atoms with Crippen molar-refractivity contribution >= 4 is 29.0 Å². The Hall–Kier alpha value is -2.11. The molecule has 5 heteroatoms. The van der Waals surface area contributed by atoms with Crippen molar-refractivity contribution in [1.29, 1.82) is 0 Å². The average Bonchev–Trinajstić information content (AvgIpc) is 3.16. The fourth-order valence-electron chi connectivity index (χ4n) is 3.43. The van der Waals surface area contributed by atoms with Crippen LogP contribution in [-0.2, 0) is 24.1 Å². The van der Waals surface area contributed by atoms with Crippen LogP contribution in [0.4, 0.5) is 0 Å². The molecule has 0 saturated heterocycles. The highest BCUT2D eigenvalue weighted by molar-refractivity contribution is 8.00.